The van der Waals surface area contributed by atoms with E-state index in [1.165, 1.54) is 11.3 Å². The number of nitrogens with one attached hydrogen (secondary N) is 1. The van der Waals surface area contributed by atoms with Crippen LogP contribution in [0.25, 0.3) is 0 Å². The van der Waals surface area contributed by atoms with Gasteiger partial charge in [-0.05, 0) is 62.5 Å². The maximum absolute atomic E-state index is 12.2. The molecule has 1 heterocycles. The number of ether oxygens (including phenoxy) is 1. The van der Waals surface area contributed by atoms with E-state index in [9.17, 15) is 4.79 Å². The molecule has 1 amide bonds. The number of benzene rings is 1. The molecule has 1 aromatic carbocycles. The lowest BCUT2D eigenvalue weighted by Crippen LogP contribution is -2.11. The Kier molecular flexibility index (Phi) is 4.65. The number of carbonyl (C=O) groups excluding carboxylic acids is 1. The second-order valence-corrected chi connectivity index (χ2v) is 7.11. The van der Waals surface area contributed by atoms with E-state index in [4.69, 9.17) is 4.74 Å². The molecule has 0 bridgehead atoms. The Balaban J connectivity index is 2.25. The first-order chi connectivity index (χ1) is 9.01. The third-order valence-corrected chi connectivity index (χ3v) is 5.73. The van der Waals surface area contributed by atoms with Gasteiger partial charge in [0.25, 0.3) is 5.91 Å². The van der Waals surface area contributed by atoms with Crippen LogP contribution in [-0.4, -0.2) is 13.0 Å². The molecule has 2 aromatic rings. The highest BCUT2D eigenvalue weighted by molar-refractivity contribution is 9.13. The number of hydrogen-bond donors (Lipinski definition) is 1. The molecule has 0 aliphatic heterocycles. The van der Waals surface area contributed by atoms with Gasteiger partial charge in [0.05, 0.1) is 21.5 Å². The lowest BCUT2D eigenvalue weighted by Gasteiger charge is -2.10. The molecule has 1 N–H and O–H groups in total. The quantitative estimate of drug-likeness (QED) is 0.794. The average Bonchev–Trinajstić information content (AvgIpc) is 2.70. The SMILES string of the molecule is COc1ccc(C)cc1NC(=O)c1cc(Br)c(Br)s1. The number of amides is 1. The van der Waals surface area contributed by atoms with E-state index < -0.39 is 0 Å². The predicted octanol–water partition coefficient (Wildman–Crippen LogP) is 4.84. The van der Waals surface area contributed by atoms with Crippen LogP contribution in [0.5, 0.6) is 5.75 Å². The van der Waals surface area contributed by atoms with Crippen LogP contribution in [0.4, 0.5) is 5.69 Å². The fourth-order valence-corrected chi connectivity index (χ4v) is 3.49. The molecular formula is C13H11Br2NO2S. The van der Waals surface area contributed by atoms with E-state index in [0.717, 1.165) is 13.8 Å². The smallest absolute Gasteiger partial charge is 0.265 e. The minimum absolute atomic E-state index is 0.152. The zero-order valence-corrected chi connectivity index (χ0v) is 14.3. The van der Waals surface area contributed by atoms with Crippen molar-refractivity contribution < 1.29 is 9.53 Å². The molecule has 0 radical (unpaired) electrons. The number of thiophene rings is 1. The number of aryl methyl sites for hydroxylation is 1. The van der Waals surface area contributed by atoms with E-state index >= 15 is 0 Å². The average molecular weight is 405 g/mol. The van der Waals surface area contributed by atoms with Crippen LogP contribution >= 0.6 is 43.2 Å². The Morgan fingerprint density at radius 1 is 1.32 bits per heavy atom. The Hall–Kier alpha value is -0.850. The summed E-state index contributed by atoms with van der Waals surface area (Å²) in [5.41, 5.74) is 1.73. The molecule has 0 aliphatic carbocycles. The Labute approximate surface area is 132 Å². The topological polar surface area (TPSA) is 38.3 Å². The highest BCUT2D eigenvalue weighted by Gasteiger charge is 2.14. The summed E-state index contributed by atoms with van der Waals surface area (Å²) in [6.45, 7) is 1.97. The van der Waals surface area contributed by atoms with Crippen molar-refractivity contribution in [2.45, 2.75) is 6.92 Å². The van der Waals surface area contributed by atoms with Crippen molar-refractivity contribution in [3.05, 3.63) is 43.0 Å². The summed E-state index contributed by atoms with van der Waals surface area (Å²) in [4.78, 5) is 12.8. The van der Waals surface area contributed by atoms with Gasteiger partial charge in [-0.25, -0.2) is 0 Å². The molecule has 0 saturated carbocycles. The maximum Gasteiger partial charge on any atom is 0.265 e. The van der Waals surface area contributed by atoms with E-state index in [1.807, 2.05) is 25.1 Å². The highest BCUT2D eigenvalue weighted by Crippen LogP contribution is 2.33. The van der Waals surface area contributed by atoms with E-state index in [-0.39, 0.29) is 5.91 Å². The number of hydrogen-bond acceptors (Lipinski definition) is 3. The van der Waals surface area contributed by atoms with Gasteiger partial charge in [-0.2, -0.15) is 0 Å². The standard InChI is InChI=1S/C13H11Br2NO2S/c1-7-3-4-10(18-2)9(5-7)16-13(17)11-6-8(14)12(15)19-11/h3-6H,1-2H3,(H,16,17). The van der Waals surface area contributed by atoms with Crippen LogP contribution in [0.3, 0.4) is 0 Å². The molecule has 1 aromatic heterocycles. The van der Waals surface area contributed by atoms with Crippen LogP contribution in [-0.2, 0) is 0 Å². The molecule has 0 aliphatic rings. The summed E-state index contributed by atoms with van der Waals surface area (Å²) < 4.78 is 7.01. The van der Waals surface area contributed by atoms with Crippen LogP contribution < -0.4 is 10.1 Å². The molecule has 0 unspecified atom stereocenters. The van der Waals surface area contributed by atoms with Crippen molar-refractivity contribution in [3.63, 3.8) is 0 Å². The van der Waals surface area contributed by atoms with Gasteiger partial charge < -0.3 is 10.1 Å². The number of rotatable bonds is 3. The van der Waals surface area contributed by atoms with Crippen molar-refractivity contribution in [2.24, 2.45) is 0 Å². The Bertz CT molecular complexity index is 606. The van der Waals surface area contributed by atoms with Gasteiger partial charge in [-0.15, -0.1) is 11.3 Å². The van der Waals surface area contributed by atoms with E-state index in [1.54, 1.807) is 13.2 Å². The largest absolute Gasteiger partial charge is 0.495 e. The van der Waals surface area contributed by atoms with Crippen LogP contribution in [0.1, 0.15) is 15.2 Å². The molecule has 6 heteroatoms. The van der Waals surface area contributed by atoms with Crippen molar-refractivity contribution in [2.75, 3.05) is 12.4 Å². The molecule has 19 heavy (non-hydrogen) atoms. The van der Waals surface area contributed by atoms with Crippen LogP contribution in [0.2, 0.25) is 0 Å². The molecule has 0 saturated heterocycles. The van der Waals surface area contributed by atoms with Gasteiger partial charge in [0.2, 0.25) is 0 Å². The highest BCUT2D eigenvalue weighted by atomic mass is 79.9. The fraction of sp³-hybridized carbons (Fsp3) is 0.154. The molecular weight excluding hydrogens is 394 g/mol. The minimum Gasteiger partial charge on any atom is -0.495 e. The lowest BCUT2D eigenvalue weighted by molar-refractivity contribution is 0.103. The number of anilines is 1. The van der Waals surface area contributed by atoms with Crippen LogP contribution in [0.15, 0.2) is 32.5 Å². The Morgan fingerprint density at radius 2 is 2.05 bits per heavy atom. The van der Waals surface area contributed by atoms with Gasteiger partial charge in [-0.1, -0.05) is 6.07 Å². The summed E-state index contributed by atoms with van der Waals surface area (Å²) in [5.74, 6) is 0.494. The number of halogens is 2. The molecule has 100 valence electrons. The van der Waals surface area contributed by atoms with Crippen LogP contribution in [0, 0.1) is 6.92 Å². The second-order valence-electron chi connectivity index (χ2n) is 3.89. The monoisotopic (exact) mass is 403 g/mol. The van der Waals surface area contributed by atoms with Gasteiger partial charge >= 0.3 is 0 Å². The first kappa shape index (κ1) is 14.6. The zero-order chi connectivity index (χ0) is 14.0. The molecule has 2 rings (SSSR count). The van der Waals surface area contributed by atoms with E-state index in [2.05, 4.69) is 37.2 Å². The zero-order valence-electron chi connectivity index (χ0n) is 10.3. The second kappa shape index (κ2) is 6.07. The minimum atomic E-state index is -0.152. The Morgan fingerprint density at radius 3 is 2.63 bits per heavy atom. The molecule has 0 fully saturated rings. The van der Waals surface area contributed by atoms with Crippen molar-refractivity contribution in [1.82, 2.24) is 0 Å². The summed E-state index contributed by atoms with van der Waals surface area (Å²) in [6, 6.07) is 7.44. The summed E-state index contributed by atoms with van der Waals surface area (Å²) in [5, 5.41) is 2.86. The van der Waals surface area contributed by atoms with Gasteiger partial charge in [0.15, 0.2) is 0 Å². The fourth-order valence-electron chi connectivity index (χ4n) is 1.56. The van der Waals surface area contributed by atoms with Gasteiger partial charge in [0, 0.05) is 4.47 Å². The molecule has 0 atom stereocenters. The summed E-state index contributed by atoms with van der Waals surface area (Å²) >= 11 is 8.12. The maximum atomic E-state index is 12.2. The van der Waals surface area contributed by atoms with Crippen molar-refractivity contribution in [1.29, 1.82) is 0 Å². The predicted molar refractivity (Wildman–Crippen MR) is 85.4 cm³/mol. The summed E-state index contributed by atoms with van der Waals surface area (Å²) in [7, 11) is 1.58. The first-order valence-electron chi connectivity index (χ1n) is 5.42. The number of methoxy groups -OCH3 is 1. The normalized spacial score (nSPS) is 10.3. The molecule has 3 nitrogen and oxygen atoms in total. The van der Waals surface area contributed by atoms with E-state index in [0.29, 0.717) is 16.3 Å². The molecule has 0 spiro atoms. The third kappa shape index (κ3) is 3.38. The van der Waals surface area contributed by atoms with Crippen molar-refractivity contribution >= 4 is 54.8 Å². The lowest BCUT2D eigenvalue weighted by atomic mass is 10.2. The summed E-state index contributed by atoms with van der Waals surface area (Å²) in [6.07, 6.45) is 0. The third-order valence-electron chi connectivity index (χ3n) is 2.47. The first-order valence-corrected chi connectivity index (χ1v) is 7.82. The number of carbonyl (C=O) groups is 1. The van der Waals surface area contributed by atoms with Crippen molar-refractivity contribution in [3.8, 4) is 5.75 Å². The van der Waals surface area contributed by atoms with Gasteiger partial charge in [-0.3, -0.25) is 4.79 Å². The van der Waals surface area contributed by atoms with Gasteiger partial charge in [0.1, 0.15) is 5.75 Å².